The summed E-state index contributed by atoms with van der Waals surface area (Å²) in [6.07, 6.45) is -0.162. The average Bonchev–Trinajstić information content (AvgIpc) is 2.76. The number of hydrogen-bond donors (Lipinski definition) is 0. The molecule has 10 heteroatoms. The Labute approximate surface area is 125 Å². The van der Waals surface area contributed by atoms with Crippen LogP contribution in [0, 0.1) is 27.4 Å². The van der Waals surface area contributed by atoms with Crippen LogP contribution in [0.4, 0.5) is 15.3 Å². The number of hydrogen-bond acceptors (Lipinski definition) is 6. The lowest BCUT2D eigenvalue weighted by Crippen LogP contribution is -2.26. The molecule has 0 saturated carbocycles. The molecule has 1 unspecified atom stereocenters. The van der Waals surface area contributed by atoms with Gasteiger partial charge in [0, 0.05) is 31.0 Å². The van der Waals surface area contributed by atoms with Crippen molar-refractivity contribution >= 4 is 27.5 Å². The van der Waals surface area contributed by atoms with Gasteiger partial charge in [0.05, 0.1) is 21.9 Å². The van der Waals surface area contributed by atoms with Crippen LogP contribution in [0.5, 0.6) is 0 Å². The standard InChI is InChI=1S/C12H10FN3O5S/c13-22(20,21)7-8-3-12(17)15(6-8)11-2-1-10(16(18)19)4-9(11)5-14/h1-2,4,8H,3,6-7H2. The fourth-order valence-corrected chi connectivity index (χ4v) is 3.16. The van der Waals surface area contributed by atoms with Crippen LogP contribution in [-0.2, 0) is 15.0 Å². The Kier molecular flexibility index (Phi) is 4.09. The number of carbonyl (C=O) groups excluding carboxylic acids is 1. The number of anilines is 1. The van der Waals surface area contributed by atoms with Gasteiger partial charge in [-0.05, 0) is 6.07 Å². The van der Waals surface area contributed by atoms with Crippen LogP contribution in [0.25, 0.3) is 0 Å². The maximum Gasteiger partial charge on any atom is 0.302 e. The van der Waals surface area contributed by atoms with Crippen LogP contribution >= 0.6 is 0 Å². The molecule has 1 aromatic carbocycles. The first-order valence-corrected chi connectivity index (χ1v) is 7.68. The number of nitro groups is 1. The van der Waals surface area contributed by atoms with Crippen molar-refractivity contribution in [2.24, 2.45) is 5.92 Å². The van der Waals surface area contributed by atoms with Crippen molar-refractivity contribution in [1.82, 2.24) is 0 Å². The van der Waals surface area contributed by atoms with Crippen LogP contribution in [-0.4, -0.2) is 31.5 Å². The van der Waals surface area contributed by atoms with Gasteiger partial charge in [0.1, 0.15) is 6.07 Å². The van der Waals surface area contributed by atoms with Gasteiger partial charge in [0.15, 0.2) is 0 Å². The molecule has 1 aromatic rings. The molecule has 1 saturated heterocycles. The number of carbonyl (C=O) groups is 1. The minimum Gasteiger partial charge on any atom is -0.311 e. The first kappa shape index (κ1) is 15.8. The van der Waals surface area contributed by atoms with E-state index in [1.807, 2.05) is 0 Å². The molecule has 116 valence electrons. The van der Waals surface area contributed by atoms with Gasteiger partial charge < -0.3 is 4.90 Å². The maximum absolute atomic E-state index is 12.7. The molecule has 0 aliphatic carbocycles. The number of nitro benzene ring substituents is 1. The SMILES string of the molecule is N#Cc1cc([N+](=O)[O-])ccc1N1CC(CS(=O)(=O)F)CC1=O. The third kappa shape index (κ3) is 3.37. The van der Waals surface area contributed by atoms with Crippen molar-refractivity contribution in [1.29, 1.82) is 5.26 Å². The highest BCUT2D eigenvalue weighted by atomic mass is 32.3. The molecule has 0 bridgehead atoms. The Morgan fingerprint density at radius 2 is 2.18 bits per heavy atom. The van der Waals surface area contributed by atoms with Crippen LogP contribution in [0.15, 0.2) is 18.2 Å². The Morgan fingerprint density at radius 1 is 1.50 bits per heavy atom. The fourth-order valence-electron chi connectivity index (χ4n) is 2.37. The highest BCUT2D eigenvalue weighted by Gasteiger charge is 2.34. The summed E-state index contributed by atoms with van der Waals surface area (Å²) in [4.78, 5) is 23.1. The summed E-state index contributed by atoms with van der Waals surface area (Å²) in [5.74, 6) is -1.95. The quantitative estimate of drug-likeness (QED) is 0.464. The molecule has 8 nitrogen and oxygen atoms in total. The van der Waals surface area contributed by atoms with Crippen LogP contribution < -0.4 is 4.90 Å². The monoisotopic (exact) mass is 327 g/mol. The van der Waals surface area contributed by atoms with Gasteiger partial charge >= 0.3 is 10.2 Å². The Hall–Kier alpha value is -2.54. The van der Waals surface area contributed by atoms with Crippen molar-refractivity contribution in [3.05, 3.63) is 33.9 Å². The Morgan fingerprint density at radius 3 is 2.73 bits per heavy atom. The molecule has 1 aliphatic rings. The molecule has 1 aliphatic heterocycles. The van der Waals surface area contributed by atoms with Crippen LogP contribution in [0.3, 0.4) is 0 Å². The molecular formula is C12H10FN3O5S. The highest BCUT2D eigenvalue weighted by Crippen LogP contribution is 2.31. The molecule has 1 atom stereocenters. The fraction of sp³-hybridized carbons (Fsp3) is 0.333. The van der Waals surface area contributed by atoms with E-state index in [2.05, 4.69) is 0 Å². The number of amides is 1. The minimum absolute atomic E-state index is 0.0610. The van der Waals surface area contributed by atoms with Crippen molar-refractivity contribution in [3.63, 3.8) is 0 Å². The number of halogens is 1. The second-order valence-corrected chi connectivity index (χ2v) is 6.26. The van der Waals surface area contributed by atoms with E-state index in [0.29, 0.717) is 0 Å². The highest BCUT2D eigenvalue weighted by molar-refractivity contribution is 7.86. The van der Waals surface area contributed by atoms with Crippen molar-refractivity contribution in [2.45, 2.75) is 6.42 Å². The molecule has 1 amide bonds. The van der Waals surface area contributed by atoms with Gasteiger partial charge in [-0.15, -0.1) is 3.89 Å². The van der Waals surface area contributed by atoms with Gasteiger partial charge in [-0.3, -0.25) is 14.9 Å². The predicted octanol–water partition coefficient (Wildman–Crippen LogP) is 1.12. The van der Waals surface area contributed by atoms with E-state index in [1.165, 1.54) is 6.07 Å². The van der Waals surface area contributed by atoms with Crippen molar-refractivity contribution < 1.29 is 22.0 Å². The second-order valence-electron chi connectivity index (χ2n) is 4.85. The number of nitrogens with zero attached hydrogens (tertiary/aromatic N) is 3. The second kappa shape index (κ2) is 5.69. The largest absolute Gasteiger partial charge is 0.311 e. The summed E-state index contributed by atoms with van der Waals surface area (Å²) in [5.41, 5.74) is -0.224. The smallest absolute Gasteiger partial charge is 0.302 e. The zero-order valence-corrected chi connectivity index (χ0v) is 11.9. The lowest BCUT2D eigenvalue weighted by molar-refractivity contribution is -0.384. The van der Waals surface area contributed by atoms with Crippen LogP contribution in [0.1, 0.15) is 12.0 Å². The average molecular weight is 327 g/mol. The lowest BCUT2D eigenvalue weighted by Gasteiger charge is -2.17. The van der Waals surface area contributed by atoms with Crippen molar-refractivity contribution in [2.75, 3.05) is 17.2 Å². The summed E-state index contributed by atoms with van der Waals surface area (Å²) in [5, 5.41) is 19.7. The first-order chi connectivity index (χ1) is 10.2. The van der Waals surface area contributed by atoms with E-state index < -0.39 is 32.7 Å². The third-order valence-electron chi connectivity index (χ3n) is 3.24. The number of non-ortho nitro benzene ring substituents is 1. The predicted molar refractivity (Wildman–Crippen MR) is 73.2 cm³/mol. The topological polar surface area (TPSA) is 121 Å². The molecule has 1 fully saturated rings. The van der Waals surface area contributed by atoms with E-state index >= 15 is 0 Å². The zero-order valence-electron chi connectivity index (χ0n) is 11.1. The summed E-state index contributed by atoms with van der Waals surface area (Å²) >= 11 is 0. The summed E-state index contributed by atoms with van der Waals surface area (Å²) in [6, 6.07) is 5.18. The molecule has 0 spiro atoms. The van der Waals surface area contributed by atoms with Gasteiger partial charge in [0.25, 0.3) is 5.69 Å². The number of rotatable bonds is 4. The van der Waals surface area contributed by atoms with E-state index in [9.17, 15) is 27.2 Å². The van der Waals surface area contributed by atoms with Gasteiger partial charge in [-0.1, -0.05) is 0 Å². The van der Waals surface area contributed by atoms with Crippen molar-refractivity contribution in [3.8, 4) is 6.07 Å². The molecule has 0 radical (unpaired) electrons. The maximum atomic E-state index is 12.7. The van der Waals surface area contributed by atoms with Gasteiger partial charge in [-0.25, -0.2) is 0 Å². The van der Waals surface area contributed by atoms with Gasteiger partial charge in [0.2, 0.25) is 5.91 Å². The Balaban J connectivity index is 2.31. The molecule has 0 N–H and O–H groups in total. The van der Waals surface area contributed by atoms with E-state index in [0.717, 1.165) is 17.0 Å². The van der Waals surface area contributed by atoms with Crippen LogP contribution in [0.2, 0.25) is 0 Å². The minimum atomic E-state index is -4.70. The summed E-state index contributed by atoms with van der Waals surface area (Å²) in [7, 11) is -4.70. The van der Waals surface area contributed by atoms with E-state index in [1.54, 1.807) is 6.07 Å². The normalized spacial score (nSPS) is 18.3. The molecule has 0 aromatic heterocycles. The lowest BCUT2D eigenvalue weighted by atomic mass is 10.1. The van der Waals surface area contributed by atoms with E-state index in [4.69, 9.17) is 5.26 Å². The summed E-state index contributed by atoms with van der Waals surface area (Å²) < 4.78 is 34.0. The van der Waals surface area contributed by atoms with E-state index in [-0.39, 0.29) is 29.9 Å². The first-order valence-electron chi connectivity index (χ1n) is 6.12. The summed E-state index contributed by atoms with van der Waals surface area (Å²) in [6.45, 7) is -0.0610. The molecule has 22 heavy (non-hydrogen) atoms. The third-order valence-corrected chi connectivity index (χ3v) is 4.11. The Bertz CT molecular complexity index is 786. The number of benzene rings is 1. The zero-order chi connectivity index (χ0) is 16.5. The molecular weight excluding hydrogens is 317 g/mol. The number of nitriles is 1. The molecule has 2 rings (SSSR count). The molecule has 1 heterocycles. The van der Waals surface area contributed by atoms with Gasteiger partial charge in [-0.2, -0.15) is 13.7 Å².